The Morgan fingerprint density at radius 2 is 2.10 bits per heavy atom. The van der Waals surface area contributed by atoms with Gasteiger partial charge in [-0.3, -0.25) is 4.79 Å². The Kier molecular flexibility index (Phi) is 3.67. The number of thiophene rings is 1. The number of hydrogen-bond donors (Lipinski definition) is 1. The lowest BCUT2D eigenvalue weighted by Crippen LogP contribution is -2.50. The van der Waals surface area contributed by atoms with Gasteiger partial charge in [0.1, 0.15) is 6.04 Å². The van der Waals surface area contributed by atoms with Crippen molar-refractivity contribution in [2.75, 3.05) is 18.1 Å². The maximum absolute atomic E-state index is 12.5. The van der Waals surface area contributed by atoms with E-state index in [-0.39, 0.29) is 5.91 Å². The molecular formula is C14H13NO3S2. The molecule has 1 aromatic carbocycles. The van der Waals surface area contributed by atoms with Crippen LogP contribution in [0.1, 0.15) is 9.67 Å². The normalized spacial score (nSPS) is 19.2. The average molecular weight is 307 g/mol. The standard InChI is InChI=1S/C14H13NO3S2/c16-13(15-5-6-19-8-10(15)14(17)18)12-7-9-3-1-2-4-11(9)20-12/h1-4,7,10H,5-6,8H2,(H,17,18). The summed E-state index contributed by atoms with van der Waals surface area (Å²) in [5.41, 5.74) is 0. The minimum Gasteiger partial charge on any atom is -0.480 e. The van der Waals surface area contributed by atoms with Gasteiger partial charge in [-0.15, -0.1) is 11.3 Å². The minimum absolute atomic E-state index is 0.168. The van der Waals surface area contributed by atoms with E-state index in [2.05, 4.69) is 0 Å². The lowest BCUT2D eigenvalue weighted by molar-refractivity contribution is -0.141. The van der Waals surface area contributed by atoms with Gasteiger partial charge in [0.2, 0.25) is 0 Å². The zero-order valence-electron chi connectivity index (χ0n) is 10.6. The van der Waals surface area contributed by atoms with Crippen LogP contribution >= 0.6 is 23.1 Å². The number of carboxylic acid groups (broad SMARTS) is 1. The van der Waals surface area contributed by atoms with Gasteiger partial charge in [0.05, 0.1) is 4.88 Å². The summed E-state index contributed by atoms with van der Waals surface area (Å²) in [5, 5.41) is 10.3. The predicted molar refractivity (Wildman–Crippen MR) is 81.6 cm³/mol. The van der Waals surface area contributed by atoms with E-state index in [0.29, 0.717) is 17.2 Å². The first kappa shape index (κ1) is 13.5. The summed E-state index contributed by atoms with van der Waals surface area (Å²) in [5.74, 6) is 0.164. The Labute approximate surface area is 124 Å². The Balaban J connectivity index is 1.92. The van der Waals surface area contributed by atoms with Crippen molar-refractivity contribution in [2.45, 2.75) is 6.04 Å². The number of carbonyl (C=O) groups excluding carboxylic acids is 1. The van der Waals surface area contributed by atoms with Gasteiger partial charge < -0.3 is 10.0 Å². The first-order valence-electron chi connectivity index (χ1n) is 6.27. The van der Waals surface area contributed by atoms with Crippen LogP contribution in [-0.4, -0.2) is 46.0 Å². The zero-order valence-corrected chi connectivity index (χ0v) is 12.2. The van der Waals surface area contributed by atoms with E-state index in [4.69, 9.17) is 0 Å². The fourth-order valence-corrected chi connectivity index (χ4v) is 4.34. The predicted octanol–water partition coefficient (Wildman–Crippen LogP) is 2.54. The molecule has 4 nitrogen and oxygen atoms in total. The van der Waals surface area contributed by atoms with E-state index in [1.807, 2.05) is 30.3 Å². The Morgan fingerprint density at radius 3 is 2.85 bits per heavy atom. The molecule has 2 heterocycles. The Hall–Kier alpha value is -1.53. The number of thioether (sulfide) groups is 1. The van der Waals surface area contributed by atoms with E-state index < -0.39 is 12.0 Å². The second-order valence-corrected chi connectivity index (χ2v) is 6.81. The first-order chi connectivity index (χ1) is 9.66. The quantitative estimate of drug-likeness (QED) is 0.926. The molecule has 6 heteroatoms. The fraction of sp³-hybridized carbons (Fsp3) is 0.286. The lowest BCUT2D eigenvalue weighted by atomic mass is 10.2. The third-order valence-corrected chi connectivity index (χ3v) is 5.44. The van der Waals surface area contributed by atoms with Crippen LogP contribution in [0.5, 0.6) is 0 Å². The summed E-state index contributed by atoms with van der Waals surface area (Å²) in [4.78, 5) is 25.9. The number of benzene rings is 1. The van der Waals surface area contributed by atoms with Crippen molar-refractivity contribution >= 4 is 45.1 Å². The van der Waals surface area contributed by atoms with Gasteiger partial charge in [-0.25, -0.2) is 4.79 Å². The van der Waals surface area contributed by atoms with Crippen LogP contribution in [0, 0.1) is 0 Å². The Bertz CT molecular complexity index is 634. The highest BCUT2D eigenvalue weighted by Crippen LogP contribution is 2.28. The number of nitrogens with zero attached hydrogens (tertiary/aromatic N) is 1. The number of amides is 1. The van der Waals surface area contributed by atoms with Crippen molar-refractivity contribution in [1.82, 2.24) is 4.90 Å². The van der Waals surface area contributed by atoms with Crippen LogP contribution in [0.3, 0.4) is 0 Å². The molecule has 1 aliphatic rings. The molecule has 1 saturated heterocycles. The number of carbonyl (C=O) groups is 2. The summed E-state index contributed by atoms with van der Waals surface area (Å²) in [6.45, 7) is 0.495. The molecule has 0 spiro atoms. The highest BCUT2D eigenvalue weighted by atomic mass is 32.2. The van der Waals surface area contributed by atoms with Gasteiger partial charge >= 0.3 is 5.97 Å². The van der Waals surface area contributed by atoms with Crippen LogP contribution in [0.2, 0.25) is 0 Å². The van der Waals surface area contributed by atoms with Gasteiger partial charge in [0.15, 0.2) is 0 Å². The number of aliphatic carboxylic acids is 1. The van der Waals surface area contributed by atoms with E-state index in [9.17, 15) is 14.7 Å². The molecule has 104 valence electrons. The molecule has 2 aromatic rings. The number of fused-ring (bicyclic) bond motifs is 1. The van der Waals surface area contributed by atoms with Crippen molar-refractivity contribution in [1.29, 1.82) is 0 Å². The molecule has 1 aromatic heterocycles. The Morgan fingerprint density at radius 1 is 1.30 bits per heavy atom. The summed E-state index contributed by atoms with van der Waals surface area (Å²) in [6.07, 6.45) is 0. The molecule has 20 heavy (non-hydrogen) atoms. The minimum atomic E-state index is -0.924. The van der Waals surface area contributed by atoms with Crippen molar-refractivity contribution in [3.8, 4) is 0 Å². The molecule has 1 N–H and O–H groups in total. The summed E-state index contributed by atoms with van der Waals surface area (Å²) in [6, 6.07) is 8.93. The monoisotopic (exact) mass is 307 g/mol. The van der Waals surface area contributed by atoms with Gasteiger partial charge in [-0.2, -0.15) is 11.8 Å². The van der Waals surface area contributed by atoms with Crippen molar-refractivity contribution in [2.24, 2.45) is 0 Å². The zero-order chi connectivity index (χ0) is 14.1. The van der Waals surface area contributed by atoms with Crippen molar-refractivity contribution in [3.63, 3.8) is 0 Å². The molecule has 1 amide bonds. The van der Waals surface area contributed by atoms with Crippen LogP contribution in [0.4, 0.5) is 0 Å². The van der Waals surface area contributed by atoms with E-state index in [0.717, 1.165) is 15.8 Å². The van der Waals surface area contributed by atoms with E-state index in [1.165, 1.54) is 16.2 Å². The van der Waals surface area contributed by atoms with E-state index >= 15 is 0 Å². The smallest absolute Gasteiger partial charge is 0.327 e. The molecule has 0 bridgehead atoms. The molecule has 0 radical (unpaired) electrons. The van der Waals surface area contributed by atoms with Crippen LogP contribution in [0.15, 0.2) is 30.3 Å². The third-order valence-electron chi connectivity index (χ3n) is 3.31. The second-order valence-electron chi connectivity index (χ2n) is 4.58. The van der Waals surface area contributed by atoms with Crippen molar-refractivity contribution < 1.29 is 14.7 Å². The van der Waals surface area contributed by atoms with Crippen LogP contribution in [-0.2, 0) is 4.79 Å². The second kappa shape index (κ2) is 5.46. The average Bonchev–Trinajstić information content (AvgIpc) is 2.90. The topological polar surface area (TPSA) is 57.6 Å². The SMILES string of the molecule is O=C(O)C1CSCCN1C(=O)c1cc2ccccc2s1. The van der Waals surface area contributed by atoms with Crippen LogP contribution < -0.4 is 0 Å². The molecule has 3 rings (SSSR count). The third kappa shape index (κ3) is 2.41. The highest BCUT2D eigenvalue weighted by molar-refractivity contribution is 7.99. The number of carboxylic acids is 1. The molecule has 1 unspecified atom stereocenters. The van der Waals surface area contributed by atoms with Gasteiger partial charge in [0, 0.05) is 22.8 Å². The maximum Gasteiger partial charge on any atom is 0.327 e. The molecular weight excluding hydrogens is 294 g/mol. The maximum atomic E-state index is 12.5. The molecule has 1 aliphatic heterocycles. The lowest BCUT2D eigenvalue weighted by Gasteiger charge is -2.32. The van der Waals surface area contributed by atoms with Gasteiger partial charge in [0.25, 0.3) is 5.91 Å². The molecule has 1 fully saturated rings. The summed E-state index contributed by atoms with van der Waals surface area (Å²) in [7, 11) is 0. The molecule has 1 atom stereocenters. The van der Waals surface area contributed by atoms with E-state index in [1.54, 1.807) is 11.8 Å². The van der Waals surface area contributed by atoms with Crippen molar-refractivity contribution in [3.05, 3.63) is 35.2 Å². The number of rotatable bonds is 2. The van der Waals surface area contributed by atoms with Gasteiger partial charge in [-0.05, 0) is 17.5 Å². The van der Waals surface area contributed by atoms with Crippen LogP contribution in [0.25, 0.3) is 10.1 Å². The summed E-state index contributed by atoms with van der Waals surface area (Å²) >= 11 is 3.00. The summed E-state index contributed by atoms with van der Waals surface area (Å²) < 4.78 is 1.05. The number of hydrogen-bond acceptors (Lipinski definition) is 4. The highest BCUT2D eigenvalue weighted by Gasteiger charge is 2.33. The fourth-order valence-electron chi connectivity index (χ4n) is 2.28. The first-order valence-corrected chi connectivity index (χ1v) is 8.24. The molecule has 0 aliphatic carbocycles. The van der Waals surface area contributed by atoms with Gasteiger partial charge in [-0.1, -0.05) is 18.2 Å². The largest absolute Gasteiger partial charge is 0.480 e. The molecule has 0 saturated carbocycles.